The summed E-state index contributed by atoms with van der Waals surface area (Å²) in [6, 6.07) is 40.0. The van der Waals surface area contributed by atoms with Crippen LogP contribution in [0.2, 0.25) is 0 Å². The fourth-order valence-electron chi connectivity index (χ4n) is 5.37. The summed E-state index contributed by atoms with van der Waals surface area (Å²) in [5, 5.41) is 0. The van der Waals surface area contributed by atoms with E-state index in [4.69, 9.17) is 28.4 Å². The van der Waals surface area contributed by atoms with Gasteiger partial charge in [0.1, 0.15) is 12.7 Å². The fourth-order valence-corrected chi connectivity index (χ4v) is 5.37. The summed E-state index contributed by atoms with van der Waals surface area (Å²) >= 11 is 0. The highest BCUT2D eigenvalue weighted by molar-refractivity contribution is 5.92. The quantitative estimate of drug-likeness (QED) is 0.117. The van der Waals surface area contributed by atoms with Crippen LogP contribution in [0.5, 0.6) is 0 Å². The van der Waals surface area contributed by atoms with Crippen LogP contribution in [0.1, 0.15) is 51.8 Å². The number of carbonyl (C=O) groups excluding carboxylic acids is 5. The van der Waals surface area contributed by atoms with Crippen LogP contribution >= 0.6 is 0 Å². The summed E-state index contributed by atoms with van der Waals surface area (Å²) in [6.45, 7) is -0.557. The van der Waals surface area contributed by atoms with Crippen LogP contribution in [-0.2, 0) is 28.4 Å². The summed E-state index contributed by atoms with van der Waals surface area (Å²) in [6.07, 6.45) is -8.07. The van der Waals surface area contributed by atoms with Crippen LogP contribution in [-0.4, -0.2) is 67.2 Å². The van der Waals surface area contributed by atoms with Gasteiger partial charge in [-0.1, -0.05) is 91.0 Å². The van der Waals surface area contributed by atoms with E-state index in [2.05, 4.69) is 0 Å². The number of carbonyl (C=O) groups is 5. The number of hydrogen-bond donors (Lipinski definition) is 0. The molecule has 5 atom stereocenters. The zero-order valence-electron chi connectivity index (χ0n) is 27.5. The molecule has 0 amide bonds. The van der Waals surface area contributed by atoms with E-state index < -0.39 is 67.2 Å². The van der Waals surface area contributed by atoms with Crippen LogP contribution in [0.25, 0.3) is 0 Å². The molecule has 5 aromatic rings. The number of hydrogen-bond acceptors (Lipinski definition) is 11. The second kappa shape index (κ2) is 16.9. The largest absolute Gasteiger partial charge is 0.459 e. The van der Waals surface area contributed by atoms with Gasteiger partial charge >= 0.3 is 29.8 Å². The molecule has 52 heavy (non-hydrogen) atoms. The van der Waals surface area contributed by atoms with Crippen molar-refractivity contribution in [3.63, 3.8) is 0 Å². The van der Waals surface area contributed by atoms with E-state index in [9.17, 15) is 24.0 Å². The van der Waals surface area contributed by atoms with E-state index in [-0.39, 0.29) is 27.8 Å². The number of benzene rings is 5. The second-order valence-corrected chi connectivity index (χ2v) is 11.5. The first-order valence-corrected chi connectivity index (χ1v) is 16.3. The third-order valence-corrected chi connectivity index (χ3v) is 7.97. The van der Waals surface area contributed by atoms with Gasteiger partial charge in [0, 0.05) is 0 Å². The van der Waals surface area contributed by atoms with E-state index in [0.717, 1.165) is 0 Å². The van der Waals surface area contributed by atoms with Gasteiger partial charge in [-0.05, 0) is 60.7 Å². The lowest BCUT2D eigenvalue weighted by molar-refractivity contribution is -0.282. The van der Waals surface area contributed by atoms with E-state index in [0.29, 0.717) is 0 Å². The van der Waals surface area contributed by atoms with Crippen molar-refractivity contribution in [1.29, 1.82) is 0 Å². The minimum Gasteiger partial charge on any atom is -0.459 e. The van der Waals surface area contributed by atoms with Crippen molar-refractivity contribution < 1.29 is 52.4 Å². The predicted molar refractivity (Wildman–Crippen MR) is 184 cm³/mol. The number of esters is 5. The molecule has 1 fully saturated rings. The molecule has 0 N–H and O–H groups in total. The van der Waals surface area contributed by atoms with Gasteiger partial charge in [0.05, 0.1) is 27.8 Å². The normalized spacial score (nSPS) is 19.3. The molecule has 11 nitrogen and oxygen atoms in total. The Balaban J connectivity index is 1.41. The zero-order chi connectivity index (χ0) is 36.3. The van der Waals surface area contributed by atoms with Gasteiger partial charge in [0.25, 0.3) is 0 Å². The molecule has 11 heteroatoms. The predicted octanol–water partition coefficient (Wildman–Crippen LogP) is 6.10. The molecule has 5 aromatic carbocycles. The molecule has 1 unspecified atom stereocenters. The van der Waals surface area contributed by atoms with Gasteiger partial charge in [-0.15, -0.1) is 0 Å². The van der Waals surface area contributed by atoms with Crippen LogP contribution in [0.4, 0.5) is 0 Å². The first kappa shape index (κ1) is 35.2. The van der Waals surface area contributed by atoms with Crippen molar-refractivity contribution in [2.45, 2.75) is 30.7 Å². The molecule has 1 aliphatic rings. The SMILES string of the molecule is O=C(OCC1O[C@H](OC(=O)c2ccccc2)[C@@H](OC(=O)c2ccccc2)[C@@H](OC(=O)c2ccccc2)[C@@H]1OC(=O)c1ccccc1)c1ccccc1. The minimum atomic E-state index is -1.75. The zero-order valence-corrected chi connectivity index (χ0v) is 27.5. The topological polar surface area (TPSA) is 141 Å². The van der Waals surface area contributed by atoms with Crippen LogP contribution in [0.15, 0.2) is 152 Å². The van der Waals surface area contributed by atoms with Crippen molar-refractivity contribution >= 4 is 29.8 Å². The van der Waals surface area contributed by atoms with Crippen LogP contribution < -0.4 is 0 Å². The molecule has 1 heterocycles. The van der Waals surface area contributed by atoms with Crippen molar-refractivity contribution in [2.75, 3.05) is 6.61 Å². The highest BCUT2D eigenvalue weighted by Crippen LogP contribution is 2.32. The third kappa shape index (κ3) is 8.76. The highest BCUT2D eigenvalue weighted by atomic mass is 16.7. The maximum absolute atomic E-state index is 13.7. The fraction of sp³-hybridized carbons (Fsp3) is 0.146. The second-order valence-electron chi connectivity index (χ2n) is 11.5. The van der Waals surface area contributed by atoms with Gasteiger partial charge < -0.3 is 28.4 Å². The van der Waals surface area contributed by atoms with Crippen LogP contribution in [0, 0.1) is 0 Å². The van der Waals surface area contributed by atoms with E-state index in [1.807, 2.05) is 0 Å². The van der Waals surface area contributed by atoms with Crippen LogP contribution in [0.3, 0.4) is 0 Å². The average Bonchev–Trinajstić information content (AvgIpc) is 3.20. The Morgan fingerprint density at radius 3 is 1.08 bits per heavy atom. The van der Waals surface area contributed by atoms with E-state index >= 15 is 0 Å². The lowest BCUT2D eigenvalue weighted by Gasteiger charge is -2.43. The number of ether oxygens (including phenoxy) is 6. The summed E-state index contributed by atoms with van der Waals surface area (Å²) in [5.41, 5.74) is 0.762. The maximum Gasteiger partial charge on any atom is 0.340 e. The number of rotatable bonds is 11. The Bertz CT molecular complexity index is 1970. The molecule has 0 saturated carbocycles. The van der Waals surface area contributed by atoms with Gasteiger partial charge in [0.15, 0.2) is 12.2 Å². The van der Waals surface area contributed by atoms with E-state index in [1.54, 1.807) is 103 Å². The minimum absolute atomic E-state index is 0.125. The first-order chi connectivity index (χ1) is 25.4. The Morgan fingerprint density at radius 1 is 0.385 bits per heavy atom. The van der Waals surface area contributed by atoms with Crippen molar-refractivity contribution in [3.05, 3.63) is 179 Å². The molecule has 0 aromatic heterocycles. The average molecular weight is 701 g/mol. The third-order valence-electron chi connectivity index (χ3n) is 7.97. The monoisotopic (exact) mass is 700 g/mol. The van der Waals surface area contributed by atoms with Gasteiger partial charge in [0.2, 0.25) is 12.4 Å². The first-order valence-electron chi connectivity index (χ1n) is 16.3. The van der Waals surface area contributed by atoms with Crippen molar-refractivity contribution in [2.24, 2.45) is 0 Å². The smallest absolute Gasteiger partial charge is 0.340 e. The maximum atomic E-state index is 13.7. The van der Waals surface area contributed by atoms with E-state index in [1.165, 1.54) is 48.5 Å². The molecule has 0 spiro atoms. The molecule has 0 radical (unpaired) electrons. The highest BCUT2D eigenvalue weighted by Gasteiger charge is 2.54. The summed E-state index contributed by atoms with van der Waals surface area (Å²) < 4.78 is 35.5. The lowest BCUT2D eigenvalue weighted by atomic mass is 9.97. The molecular weight excluding hydrogens is 668 g/mol. The Kier molecular flexibility index (Phi) is 11.4. The molecule has 262 valence electrons. The molecular formula is C41H32O11. The lowest BCUT2D eigenvalue weighted by Crippen LogP contribution is -2.63. The Morgan fingerprint density at radius 2 is 0.692 bits per heavy atom. The molecule has 0 aliphatic carbocycles. The van der Waals surface area contributed by atoms with Gasteiger partial charge in [-0.25, -0.2) is 24.0 Å². The van der Waals surface area contributed by atoms with Gasteiger partial charge in [-0.3, -0.25) is 0 Å². The molecule has 1 saturated heterocycles. The summed E-state index contributed by atoms with van der Waals surface area (Å²) in [4.78, 5) is 67.4. The Hall–Kier alpha value is -6.59. The standard InChI is InChI=1S/C41H32O11/c42-36(27-16-6-1-7-17-27)47-26-32-33(49-37(43)28-18-8-2-9-19-28)34(50-38(44)29-20-10-3-11-21-29)35(51-39(45)30-22-12-4-13-23-30)41(48-32)52-40(46)31-24-14-5-15-25-31/h1-25,32-35,41H,26H2/t32?,33-,34+,35+,41-/m1/s1. The van der Waals surface area contributed by atoms with Crippen molar-refractivity contribution in [3.8, 4) is 0 Å². The summed E-state index contributed by atoms with van der Waals surface area (Å²) in [5.74, 6) is -4.19. The van der Waals surface area contributed by atoms with Crippen molar-refractivity contribution in [1.82, 2.24) is 0 Å². The van der Waals surface area contributed by atoms with Gasteiger partial charge in [-0.2, -0.15) is 0 Å². The molecule has 0 bridgehead atoms. The molecule has 6 rings (SSSR count). The summed E-state index contributed by atoms with van der Waals surface area (Å²) in [7, 11) is 0. The Labute approximate surface area is 298 Å². The molecule has 1 aliphatic heterocycles.